The van der Waals surface area contributed by atoms with Crippen molar-refractivity contribution in [3.8, 4) is 0 Å². The molecule has 0 spiro atoms. The first-order valence-electron chi connectivity index (χ1n) is 6.01. The van der Waals surface area contributed by atoms with Gasteiger partial charge in [0.1, 0.15) is 11.5 Å². The number of hydrogen-bond acceptors (Lipinski definition) is 3. The molecule has 2 N–H and O–H groups in total. The molecule has 0 radical (unpaired) electrons. The average Bonchev–Trinajstić information content (AvgIpc) is 2.29. The molecule has 6 heteroatoms. The van der Waals surface area contributed by atoms with Gasteiger partial charge in [-0.1, -0.05) is 0 Å². The van der Waals surface area contributed by atoms with E-state index in [0.29, 0.717) is 13.1 Å². The molecule has 18 heavy (non-hydrogen) atoms. The van der Waals surface area contributed by atoms with Crippen LogP contribution in [-0.2, 0) is 14.4 Å². The quantitative estimate of drug-likeness (QED) is 0.678. The number of nitrogens with one attached hydrogen (secondary N) is 1. The van der Waals surface area contributed by atoms with Crippen LogP contribution in [0.5, 0.6) is 0 Å². The zero-order valence-electron chi connectivity index (χ0n) is 11.6. The Morgan fingerprint density at radius 3 is 2.00 bits per heavy atom. The Kier molecular flexibility index (Phi) is 5.81. The van der Waals surface area contributed by atoms with Crippen LogP contribution in [-0.4, -0.2) is 46.9 Å². The minimum Gasteiger partial charge on any atom is -0.480 e. The van der Waals surface area contributed by atoms with E-state index in [1.165, 1.54) is 13.8 Å². The van der Waals surface area contributed by atoms with Gasteiger partial charge in [0, 0.05) is 13.1 Å². The summed E-state index contributed by atoms with van der Waals surface area (Å²) in [5.74, 6) is -2.10. The van der Waals surface area contributed by atoms with Gasteiger partial charge in [-0.25, -0.2) is 0 Å². The predicted octanol–water partition coefficient (Wildman–Crippen LogP) is 0.470. The largest absolute Gasteiger partial charge is 0.480 e. The van der Waals surface area contributed by atoms with E-state index in [0.717, 1.165) is 0 Å². The molecule has 0 heterocycles. The van der Waals surface area contributed by atoms with Gasteiger partial charge in [-0.3, -0.25) is 14.4 Å². The maximum atomic E-state index is 11.9. The van der Waals surface area contributed by atoms with Crippen molar-refractivity contribution in [1.29, 1.82) is 0 Å². The second-order valence-electron chi connectivity index (χ2n) is 4.64. The molecular weight excluding hydrogens is 236 g/mol. The number of hydrogen-bond donors (Lipinski definition) is 2. The van der Waals surface area contributed by atoms with Gasteiger partial charge in [-0.15, -0.1) is 0 Å². The first-order chi connectivity index (χ1) is 8.18. The van der Waals surface area contributed by atoms with E-state index in [-0.39, 0.29) is 5.91 Å². The van der Waals surface area contributed by atoms with Crippen molar-refractivity contribution in [2.45, 2.75) is 40.7 Å². The molecule has 0 bridgehead atoms. The fraction of sp³-hybridized carbons (Fsp3) is 0.750. The summed E-state index contributed by atoms with van der Waals surface area (Å²) >= 11 is 0. The topological polar surface area (TPSA) is 86.7 Å². The third-order valence-corrected chi connectivity index (χ3v) is 2.90. The van der Waals surface area contributed by atoms with E-state index in [1.54, 1.807) is 11.8 Å². The molecule has 104 valence electrons. The van der Waals surface area contributed by atoms with Crippen molar-refractivity contribution < 1.29 is 19.5 Å². The van der Waals surface area contributed by atoms with Crippen LogP contribution in [0, 0.1) is 5.41 Å². The molecule has 1 atom stereocenters. The monoisotopic (exact) mass is 258 g/mol. The summed E-state index contributed by atoms with van der Waals surface area (Å²) in [4.78, 5) is 36.1. The van der Waals surface area contributed by atoms with Gasteiger partial charge < -0.3 is 15.3 Å². The Bertz CT molecular complexity index is 335. The molecule has 0 saturated carbocycles. The number of nitrogens with zero attached hydrogens (tertiary/aromatic N) is 1. The lowest BCUT2D eigenvalue weighted by molar-refractivity contribution is -0.154. The SMILES string of the molecule is CCN(CC)C(=O)C(C)NC(=O)C(C)(C)C(=O)O. The molecule has 1 unspecified atom stereocenters. The van der Waals surface area contributed by atoms with Gasteiger partial charge in [0.25, 0.3) is 0 Å². The summed E-state index contributed by atoms with van der Waals surface area (Å²) in [5.41, 5.74) is -1.54. The van der Waals surface area contributed by atoms with Crippen LogP contribution < -0.4 is 5.32 Å². The third-order valence-electron chi connectivity index (χ3n) is 2.90. The molecule has 0 aromatic carbocycles. The lowest BCUT2D eigenvalue weighted by Crippen LogP contribution is -2.51. The summed E-state index contributed by atoms with van der Waals surface area (Å²) < 4.78 is 0. The van der Waals surface area contributed by atoms with E-state index < -0.39 is 23.3 Å². The minimum atomic E-state index is -1.54. The number of amides is 2. The normalized spacial score (nSPS) is 12.7. The molecule has 0 fully saturated rings. The van der Waals surface area contributed by atoms with Crippen LogP contribution >= 0.6 is 0 Å². The fourth-order valence-corrected chi connectivity index (χ4v) is 1.35. The van der Waals surface area contributed by atoms with Crippen molar-refractivity contribution in [3.05, 3.63) is 0 Å². The molecule has 0 aliphatic rings. The second-order valence-corrected chi connectivity index (χ2v) is 4.64. The molecule has 0 aliphatic carbocycles. The highest BCUT2D eigenvalue weighted by atomic mass is 16.4. The van der Waals surface area contributed by atoms with Crippen LogP contribution in [0.4, 0.5) is 0 Å². The van der Waals surface area contributed by atoms with Crippen LogP contribution in [0.2, 0.25) is 0 Å². The molecule has 0 aromatic heterocycles. The minimum absolute atomic E-state index is 0.213. The summed E-state index contributed by atoms with van der Waals surface area (Å²) in [6.07, 6.45) is 0. The van der Waals surface area contributed by atoms with Gasteiger partial charge in [-0.2, -0.15) is 0 Å². The number of carbonyl (C=O) groups is 3. The summed E-state index contributed by atoms with van der Waals surface area (Å²) in [7, 11) is 0. The maximum absolute atomic E-state index is 11.9. The van der Waals surface area contributed by atoms with Crippen LogP contribution in [0.25, 0.3) is 0 Å². The van der Waals surface area contributed by atoms with E-state index in [1.807, 2.05) is 13.8 Å². The highest BCUT2D eigenvalue weighted by molar-refractivity contribution is 6.02. The lowest BCUT2D eigenvalue weighted by atomic mass is 9.92. The average molecular weight is 258 g/mol. The zero-order chi connectivity index (χ0) is 14.5. The van der Waals surface area contributed by atoms with Gasteiger partial charge >= 0.3 is 5.97 Å². The Morgan fingerprint density at radius 1 is 1.22 bits per heavy atom. The number of carboxylic acid groups (broad SMARTS) is 1. The summed E-state index contributed by atoms with van der Waals surface area (Å²) in [6, 6.07) is -0.726. The van der Waals surface area contributed by atoms with Crippen LogP contribution in [0.15, 0.2) is 0 Å². The number of carboxylic acids is 1. The zero-order valence-corrected chi connectivity index (χ0v) is 11.6. The Hall–Kier alpha value is -1.59. The Morgan fingerprint density at radius 2 is 1.67 bits per heavy atom. The van der Waals surface area contributed by atoms with E-state index in [4.69, 9.17) is 5.11 Å². The number of carbonyl (C=O) groups excluding carboxylic acids is 2. The van der Waals surface area contributed by atoms with Crippen LogP contribution in [0.3, 0.4) is 0 Å². The summed E-state index contributed by atoms with van der Waals surface area (Å²) in [5, 5.41) is 11.3. The molecule has 6 nitrogen and oxygen atoms in total. The number of aliphatic carboxylic acids is 1. The van der Waals surface area contributed by atoms with Crippen molar-refractivity contribution in [2.24, 2.45) is 5.41 Å². The first-order valence-corrected chi connectivity index (χ1v) is 6.01. The smallest absolute Gasteiger partial charge is 0.318 e. The highest BCUT2D eigenvalue weighted by Crippen LogP contribution is 2.15. The molecule has 0 aromatic rings. The number of rotatable bonds is 6. The maximum Gasteiger partial charge on any atom is 0.318 e. The summed E-state index contributed by atoms with van der Waals surface area (Å²) in [6.45, 7) is 8.96. The fourth-order valence-electron chi connectivity index (χ4n) is 1.35. The Balaban J connectivity index is 4.67. The van der Waals surface area contributed by atoms with E-state index in [9.17, 15) is 14.4 Å². The van der Waals surface area contributed by atoms with Crippen molar-refractivity contribution in [3.63, 3.8) is 0 Å². The second kappa shape index (κ2) is 6.37. The molecule has 0 aliphatic heterocycles. The molecule has 0 rings (SSSR count). The van der Waals surface area contributed by atoms with E-state index >= 15 is 0 Å². The third kappa shape index (κ3) is 3.72. The highest BCUT2D eigenvalue weighted by Gasteiger charge is 2.37. The van der Waals surface area contributed by atoms with Gasteiger partial charge in [0.15, 0.2) is 0 Å². The Labute approximate surface area is 107 Å². The molecular formula is C12H22N2O4. The van der Waals surface area contributed by atoms with Crippen molar-refractivity contribution in [1.82, 2.24) is 10.2 Å². The van der Waals surface area contributed by atoms with Gasteiger partial charge in [0.2, 0.25) is 11.8 Å². The van der Waals surface area contributed by atoms with E-state index in [2.05, 4.69) is 5.32 Å². The predicted molar refractivity (Wildman–Crippen MR) is 66.9 cm³/mol. The van der Waals surface area contributed by atoms with Crippen molar-refractivity contribution >= 4 is 17.8 Å². The van der Waals surface area contributed by atoms with Gasteiger partial charge in [-0.05, 0) is 34.6 Å². The van der Waals surface area contributed by atoms with Gasteiger partial charge in [0.05, 0.1) is 0 Å². The lowest BCUT2D eigenvalue weighted by Gasteiger charge is -2.26. The standard InChI is InChI=1S/C12H22N2O4/c1-6-14(7-2)9(15)8(3)13-10(16)12(4,5)11(17)18/h8H,6-7H2,1-5H3,(H,13,16)(H,17,18). The molecule has 0 saturated heterocycles. The van der Waals surface area contributed by atoms with Crippen LogP contribution in [0.1, 0.15) is 34.6 Å². The number of likely N-dealkylation sites (N-methyl/N-ethyl adjacent to an activating group) is 1. The van der Waals surface area contributed by atoms with Crippen molar-refractivity contribution in [2.75, 3.05) is 13.1 Å². The first kappa shape index (κ1) is 16.4. The molecule has 2 amide bonds.